The molecule has 1 amide bonds. The van der Waals surface area contributed by atoms with E-state index in [0.717, 1.165) is 18.4 Å². The molecular weight excluding hydrogens is 254 g/mol. The maximum absolute atomic E-state index is 11.8. The predicted octanol–water partition coefficient (Wildman–Crippen LogP) is 2.55. The molecule has 4 nitrogen and oxygen atoms in total. The van der Waals surface area contributed by atoms with Crippen LogP contribution in [0, 0.1) is 0 Å². The Bertz CT molecular complexity index is 440. The normalized spacial score (nSPS) is 11.9. The van der Waals surface area contributed by atoms with Gasteiger partial charge in [0.15, 0.2) is 0 Å². The number of amides is 1. The first-order chi connectivity index (χ1) is 9.51. The van der Waals surface area contributed by atoms with E-state index in [4.69, 9.17) is 5.11 Å². The average Bonchev–Trinajstić information content (AvgIpc) is 2.39. The molecule has 1 rings (SSSR count). The largest absolute Gasteiger partial charge is 0.481 e. The minimum atomic E-state index is -0.836. The minimum Gasteiger partial charge on any atom is -0.481 e. The summed E-state index contributed by atoms with van der Waals surface area (Å²) in [6.45, 7) is 3.96. The van der Waals surface area contributed by atoms with Crippen LogP contribution >= 0.6 is 0 Å². The summed E-state index contributed by atoms with van der Waals surface area (Å²) < 4.78 is 0. The molecule has 20 heavy (non-hydrogen) atoms. The molecule has 0 radical (unpaired) electrons. The fourth-order valence-electron chi connectivity index (χ4n) is 2.04. The number of carbonyl (C=O) groups is 2. The molecular formula is C16H23NO3. The Labute approximate surface area is 120 Å². The fraction of sp³-hybridized carbons (Fsp3) is 0.500. The van der Waals surface area contributed by atoms with Crippen molar-refractivity contribution in [2.75, 3.05) is 0 Å². The minimum absolute atomic E-state index is 0.0638. The molecule has 0 saturated heterocycles. The molecule has 0 spiro atoms. The molecule has 0 fully saturated rings. The lowest BCUT2D eigenvalue weighted by atomic mass is 10.1. The average molecular weight is 277 g/mol. The van der Waals surface area contributed by atoms with Crippen molar-refractivity contribution < 1.29 is 14.7 Å². The van der Waals surface area contributed by atoms with Gasteiger partial charge in [-0.3, -0.25) is 9.59 Å². The summed E-state index contributed by atoms with van der Waals surface area (Å²) in [5.74, 6) is -0.899. The van der Waals surface area contributed by atoms with Crippen LogP contribution in [0.15, 0.2) is 24.3 Å². The van der Waals surface area contributed by atoms with Crippen LogP contribution in [-0.4, -0.2) is 23.0 Å². The van der Waals surface area contributed by atoms with E-state index >= 15 is 0 Å². The summed E-state index contributed by atoms with van der Waals surface area (Å²) in [5.41, 5.74) is 2.26. The van der Waals surface area contributed by atoms with Crippen LogP contribution in [0.2, 0.25) is 0 Å². The number of nitrogens with one attached hydrogen (secondary N) is 1. The van der Waals surface area contributed by atoms with Crippen LogP contribution in [0.4, 0.5) is 0 Å². The van der Waals surface area contributed by atoms with Crippen molar-refractivity contribution in [3.05, 3.63) is 35.4 Å². The fourth-order valence-corrected chi connectivity index (χ4v) is 2.04. The van der Waals surface area contributed by atoms with Gasteiger partial charge in [0.25, 0.3) is 0 Å². The second kappa shape index (κ2) is 8.35. The molecule has 0 saturated carbocycles. The van der Waals surface area contributed by atoms with E-state index in [9.17, 15) is 9.59 Å². The monoisotopic (exact) mass is 277 g/mol. The zero-order chi connectivity index (χ0) is 15.0. The number of hydrogen-bond donors (Lipinski definition) is 2. The number of carbonyl (C=O) groups excluding carboxylic acids is 1. The SMILES string of the molecule is CCCc1ccc(CC(=O)NC(C)CCC(=O)O)cc1. The molecule has 110 valence electrons. The van der Waals surface area contributed by atoms with Crippen molar-refractivity contribution in [3.63, 3.8) is 0 Å². The number of benzene rings is 1. The summed E-state index contributed by atoms with van der Waals surface area (Å²) in [4.78, 5) is 22.3. The number of carboxylic acids is 1. The van der Waals surface area contributed by atoms with Crippen LogP contribution in [0.1, 0.15) is 44.2 Å². The van der Waals surface area contributed by atoms with E-state index < -0.39 is 5.97 Å². The highest BCUT2D eigenvalue weighted by atomic mass is 16.4. The number of hydrogen-bond acceptors (Lipinski definition) is 2. The Morgan fingerprint density at radius 1 is 1.20 bits per heavy atom. The Balaban J connectivity index is 2.39. The summed E-state index contributed by atoms with van der Waals surface area (Å²) in [5, 5.41) is 11.4. The standard InChI is InChI=1S/C16H23NO3/c1-3-4-13-6-8-14(9-7-13)11-15(18)17-12(2)5-10-16(19)20/h6-9,12H,3-5,10-11H2,1-2H3,(H,17,18)(H,19,20). The molecule has 4 heteroatoms. The lowest BCUT2D eigenvalue weighted by Crippen LogP contribution is -2.34. The lowest BCUT2D eigenvalue weighted by molar-refractivity contribution is -0.137. The van der Waals surface area contributed by atoms with Crippen LogP contribution in [0.25, 0.3) is 0 Å². The number of rotatable bonds is 8. The van der Waals surface area contributed by atoms with Crippen molar-refractivity contribution in [1.82, 2.24) is 5.32 Å². The number of aliphatic carboxylic acids is 1. The van der Waals surface area contributed by atoms with Gasteiger partial charge in [0.2, 0.25) is 5.91 Å². The van der Waals surface area contributed by atoms with Gasteiger partial charge in [-0.25, -0.2) is 0 Å². The highest BCUT2D eigenvalue weighted by Crippen LogP contribution is 2.07. The van der Waals surface area contributed by atoms with Crippen molar-refractivity contribution in [1.29, 1.82) is 0 Å². The first kappa shape index (κ1) is 16.2. The maximum Gasteiger partial charge on any atom is 0.303 e. The van der Waals surface area contributed by atoms with Gasteiger partial charge in [-0.05, 0) is 30.9 Å². The Hall–Kier alpha value is -1.84. The third-order valence-electron chi connectivity index (χ3n) is 3.12. The molecule has 0 aliphatic carbocycles. The molecule has 0 aliphatic rings. The van der Waals surface area contributed by atoms with E-state index in [1.807, 2.05) is 19.1 Å². The summed E-state index contributed by atoms with van der Waals surface area (Å²) in [6, 6.07) is 7.96. The second-order valence-electron chi connectivity index (χ2n) is 5.14. The molecule has 1 atom stereocenters. The number of aryl methyl sites for hydroxylation is 1. The summed E-state index contributed by atoms with van der Waals surface area (Å²) in [6.07, 6.45) is 3.03. The maximum atomic E-state index is 11.8. The van der Waals surface area contributed by atoms with Crippen molar-refractivity contribution in [2.45, 2.75) is 52.0 Å². The van der Waals surface area contributed by atoms with E-state index in [1.54, 1.807) is 0 Å². The quantitative estimate of drug-likeness (QED) is 0.767. The zero-order valence-electron chi connectivity index (χ0n) is 12.2. The second-order valence-corrected chi connectivity index (χ2v) is 5.14. The van der Waals surface area contributed by atoms with Gasteiger partial charge >= 0.3 is 5.97 Å². The van der Waals surface area contributed by atoms with Crippen molar-refractivity contribution >= 4 is 11.9 Å². The highest BCUT2D eigenvalue weighted by molar-refractivity contribution is 5.78. The Kier molecular flexibility index (Phi) is 6.77. The van der Waals surface area contributed by atoms with Crippen LogP contribution in [-0.2, 0) is 22.4 Å². The van der Waals surface area contributed by atoms with E-state index in [0.29, 0.717) is 12.8 Å². The molecule has 1 aromatic rings. The smallest absolute Gasteiger partial charge is 0.303 e. The topological polar surface area (TPSA) is 66.4 Å². The van der Waals surface area contributed by atoms with Crippen molar-refractivity contribution in [3.8, 4) is 0 Å². The van der Waals surface area contributed by atoms with E-state index in [2.05, 4.69) is 24.4 Å². The van der Waals surface area contributed by atoms with Gasteiger partial charge in [0.05, 0.1) is 6.42 Å². The molecule has 1 unspecified atom stereocenters. The summed E-state index contributed by atoms with van der Waals surface area (Å²) in [7, 11) is 0. The molecule has 0 aromatic heterocycles. The molecule has 0 heterocycles. The Morgan fingerprint density at radius 3 is 2.35 bits per heavy atom. The third kappa shape index (κ3) is 6.36. The van der Waals surface area contributed by atoms with Gasteiger partial charge in [-0.15, -0.1) is 0 Å². The molecule has 0 bridgehead atoms. The van der Waals surface area contributed by atoms with E-state index in [-0.39, 0.29) is 18.4 Å². The van der Waals surface area contributed by atoms with Crippen LogP contribution in [0.3, 0.4) is 0 Å². The zero-order valence-corrected chi connectivity index (χ0v) is 12.2. The Morgan fingerprint density at radius 2 is 1.80 bits per heavy atom. The lowest BCUT2D eigenvalue weighted by Gasteiger charge is -2.12. The van der Waals surface area contributed by atoms with Gasteiger partial charge < -0.3 is 10.4 Å². The first-order valence-corrected chi connectivity index (χ1v) is 7.10. The van der Waals surface area contributed by atoms with E-state index in [1.165, 1.54) is 5.56 Å². The van der Waals surface area contributed by atoms with Crippen molar-refractivity contribution in [2.24, 2.45) is 0 Å². The highest BCUT2D eigenvalue weighted by Gasteiger charge is 2.09. The van der Waals surface area contributed by atoms with Gasteiger partial charge in [-0.1, -0.05) is 37.6 Å². The molecule has 2 N–H and O–H groups in total. The first-order valence-electron chi connectivity index (χ1n) is 7.10. The van der Waals surface area contributed by atoms with Crippen LogP contribution in [0.5, 0.6) is 0 Å². The summed E-state index contributed by atoms with van der Waals surface area (Å²) >= 11 is 0. The van der Waals surface area contributed by atoms with Crippen LogP contribution < -0.4 is 5.32 Å². The van der Waals surface area contributed by atoms with Gasteiger partial charge in [-0.2, -0.15) is 0 Å². The number of carboxylic acid groups (broad SMARTS) is 1. The molecule has 0 aliphatic heterocycles. The van der Waals surface area contributed by atoms with Gasteiger partial charge in [0.1, 0.15) is 0 Å². The molecule has 1 aromatic carbocycles. The van der Waals surface area contributed by atoms with Gasteiger partial charge in [0, 0.05) is 12.5 Å². The predicted molar refractivity (Wildman–Crippen MR) is 78.6 cm³/mol. The third-order valence-corrected chi connectivity index (χ3v) is 3.12.